The molecule has 8 heteroatoms. The Hall–Kier alpha value is -2.51. The lowest BCUT2D eigenvalue weighted by atomic mass is 9.93. The van der Waals surface area contributed by atoms with Crippen LogP contribution in [-0.2, 0) is 4.74 Å². The van der Waals surface area contributed by atoms with Crippen molar-refractivity contribution in [2.24, 2.45) is 5.92 Å². The molecule has 2 fully saturated rings. The number of carbonyl (C=O) groups is 1. The number of hydrogen-bond donors (Lipinski definition) is 2. The van der Waals surface area contributed by atoms with Crippen LogP contribution in [0.25, 0.3) is 11.1 Å². The van der Waals surface area contributed by atoms with Gasteiger partial charge in [-0.2, -0.15) is 0 Å². The second-order valence-electron chi connectivity index (χ2n) is 8.05. The van der Waals surface area contributed by atoms with E-state index in [0.717, 1.165) is 12.8 Å². The molecule has 31 heavy (non-hydrogen) atoms. The third kappa shape index (κ3) is 4.72. The molecule has 2 bridgehead atoms. The van der Waals surface area contributed by atoms with Gasteiger partial charge in [-0.15, -0.1) is 0 Å². The predicted molar refractivity (Wildman–Crippen MR) is 118 cm³/mol. The molecule has 0 radical (unpaired) electrons. The van der Waals surface area contributed by atoms with Crippen LogP contribution in [0, 0.1) is 11.7 Å². The van der Waals surface area contributed by atoms with Crippen LogP contribution < -0.4 is 20.1 Å². The second kappa shape index (κ2) is 9.32. The Kier molecular flexibility index (Phi) is 6.53. The van der Waals surface area contributed by atoms with E-state index in [1.807, 2.05) is 0 Å². The predicted octanol–water partition coefficient (Wildman–Crippen LogP) is 5.24. The Morgan fingerprint density at radius 2 is 1.90 bits per heavy atom. The van der Waals surface area contributed by atoms with Crippen molar-refractivity contribution in [2.45, 2.75) is 37.8 Å². The minimum Gasteiger partial charge on any atom is -0.493 e. The Morgan fingerprint density at radius 3 is 2.55 bits per heavy atom. The van der Waals surface area contributed by atoms with Crippen molar-refractivity contribution in [3.63, 3.8) is 0 Å². The maximum Gasteiger partial charge on any atom is 0.411 e. The highest BCUT2D eigenvalue weighted by molar-refractivity contribution is 6.31. The van der Waals surface area contributed by atoms with E-state index in [1.54, 1.807) is 18.2 Å². The van der Waals surface area contributed by atoms with Gasteiger partial charge in [0.15, 0.2) is 11.5 Å². The van der Waals surface area contributed by atoms with E-state index in [9.17, 15) is 9.18 Å². The van der Waals surface area contributed by atoms with Crippen molar-refractivity contribution in [2.75, 3.05) is 26.1 Å². The van der Waals surface area contributed by atoms with Gasteiger partial charge >= 0.3 is 6.09 Å². The fraction of sp³-hybridized carbons (Fsp3) is 0.435. The summed E-state index contributed by atoms with van der Waals surface area (Å²) in [4.78, 5) is 12.6. The van der Waals surface area contributed by atoms with Gasteiger partial charge in [-0.05, 0) is 61.4 Å². The number of halogens is 2. The second-order valence-corrected chi connectivity index (χ2v) is 8.46. The molecule has 2 N–H and O–H groups in total. The Bertz CT molecular complexity index is 959. The number of fused-ring (bicyclic) bond motifs is 2. The highest BCUT2D eigenvalue weighted by atomic mass is 35.5. The number of benzene rings is 2. The van der Waals surface area contributed by atoms with Gasteiger partial charge in [0.1, 0.15) is 5.82 Å². The van der Waals surface area contributed by atoms with E-state index in [4.69, 9.17) is 25.8 Å². The number of amides is 1. The maximum atomic E-state index is 13.7. The third-order valence-electron chi connectivity index (χ3n) is 6.01. The molecular formula is C23H26ClFN2O4. The maximum absolute atomic E-state index is 13.7. The molecule has 0 aromatic heterocycles. The lowest BCUT2D eigenvalue weighted by Gasteiger charge is -2.28. The fourth-order valence-corrected chi connectivity index (χ4v) is 4.80. The summed E-state index contributed by atoms with van der Waals surface area (Å²) in [6.07, 6.45) is 3.90. The van der Waals surface area contributed by atoms with Crippen LogP contribution in [0.2, 0.25) is 5.02 Å². The number of methoxy groups -OCH3 is 2. The number of piperidine rings is 1. The van der Waals surface area contributed by atoms with Crippen molar-refractivity contribution < 1.29 is 23.4 Å². The number of carbonyl (C=O) groups excluding carboxylic acids is 1. The van der Waals surface area contributed by atoms with E-state index in [2.05, 4.69) is 10.6 Å². The summed E-state index contributed by atoms with van der Waals surface area (Å²) in [6.45, 7) is 0.380. The average molecular weight is 449 g/mol. The van der Waals surface area contributed by atoms with Crippen LogP contribution in [0.5, 0.6) is 11.5 Å². The molecular weight excluding hydrogens is 423 g/mol. The molecule has 2 aromatic rings. The topological polar surface area (TPSA) is 68.8 Å². The highest BCUT2D eigenvalue weighted by Gasteiger charge is 2.34. The van der Waals surface area contributed by atoms with Crippen molar-refractivity contribution in [1.82, 2.24) is 5.32 Å². The summed E-state index contributed by atoms with van der Waals surface area (Å²) in [5, 5.41) is 6.35. The van der Waals surface area contributed by atoms with Crippen LogP contribution in [0.3, 0.4) is 0 Å². The van der Waals surface area contributed by atoms with Gasteiger partial charge < -0.3 is 19.5 Å². The van der Waals surface area contributed by atoms with E-state index < -0.39 is 11.9 Å². The first-order valence-electron chi connectivity index (χ1n) is 10.4. The van der Waals surface area contributed by atoms with Gasteiger partial charge in [-0.3, -0.25) is 5.32 Å². The summed E-state index contributed by atoms with van der Waals surface area (Å²) in [5.74, 6) is 0.711. The standard InChI is InChI=1S/C23H26ClFN2O4/c1-29-20-8-7-19(21(22(20)30-2)14-3-6-18(25)17(24)11-14)27-23(28)31-12-13-9-15-4-5-16(10-13)26-15/h3,6-8,11,13,15-16,26H,4-5,9-10,12H2,1-2H3,(H,27,28). The zero-order valence-electron chi connectivity index (χ0n) is 17.5. The summed E-state index contributed by atoms with van der Waals surface area (Å²) < 4.78 is 30.2. The van der Waals surface area contributed by atoms with Gasteiger partial charge in [-0.1, -0.05) is 17.7 Å². The van der Waals surface area contributed by atoms with E-state index >= 15 is 0 Å². The number of hydrogen-bond acceptors (Lipinski definition) is 5. The molecule has 0 spiro atoms. The molecule has 4 rings (SSSR count). The molecule has 0 aliphatic carbocycles. The molecule has 2 unspecified atom stereocenters. The molecule has 2 aliphatic rings. The van der Waals surface area contributed by atoms with Crippen molar-refractivity contribution >= 4 is 23.4 Å². The average Bonchev–Trinajstić information content (AvgIpc) is 3.11. The van der Waals surface area contributed by atoms with Gasteiger partial charge in [0.25, 0.3) is 0 Å². The SMILES string of the molecule is COc1ccc(NC(=O)OCC2CC3CCC(C2)N3)c(-c2ccc(F)c(Cl)c2)c1OC. The largest absolute Gasteiger partial charge is 0.493 e. The fourth-order valence-electron chi connectivity index (χ4n) is 4.62. The van der Waals surface area contributed by atoms with Gasteiger partial charge in [0.2, 0.25) is 0 Å². The zero-order chi connectivity index (χ0) is 22.0. The molecule has 6 nitrogen and oxygen atoms in total. The Labute approximate surface area is 186 Å². The van der Waals surface area contributed by atoms with Crippen LogP contribution in [0.1, 0.15) is 25.7 Å². The molecule has 2 saturated heterocycles. The Balaban J connectivity index is 1.54. The lowest BCUT2D eigenvalue weighted by molar-refractivity contribution is 0.122. The quantitative estimate of drug-likeness (QED) is 0.632. The third-order valence-corrected chi connectivity index (χ3v) is 6.30. The minimum atomic E-state index is -0.549. The number of nitrogens with one attached hydrogen (secondary N) is 2. The zero-order valence-corrected chi connectivity index (χ0v) is 18.3. The van der Waals surface area contributed by atoms with Crippen LogP contribution >= 0.6 is 11.6 Å². The van der Waals surface area contributed by atoms with Gasteiger partial charge in [-0.25, -0.2) is 9.18 Å². The smallest absolute Gasteiger partial charge is 0.411 e. The molecule has 166 valence electrons. The van der Waals surface area contributed by atoms with Crippen LogP contribution in [-0.4, -0.2) is 39.0 Å². The summed E-state index contributed by atoms with van der Waals surface area (Å²) in [5.41, 5.74) is 1.56. The van der Waals surface area contributed by atoms with Crippen molar-refractivity contribution in [3.8, 4) is 22.6 Å². The molecule has 2 atom stereocenters. The van der Waals surface area contributed by atoms with Gasteiger partial charge in [0.05, 0.1) is 37.1 Å². The molecule has 1 amide bonds. The molecule has 2 aromatic carbocycles. The molecule has 2 aliphatic heterocycles. The van der Waals surface area contributed by atoms with Crippen LogP contribution in [0.4, 0.5) is 14.9 Å². The normalized spacial score (nSPS) is 22.1. The molecule has 0 saturated carbocycles. The summed E-state index contributed by atoms with van der Waals surface area (Å²) in [7, 11) is 3.02. The minimum absolute atomic E-state index is 0.0311. The molecule has 2 heterocycles. The van der Waals surface area contributed by atoms with Crippen molar-refractivity contribution in [3.05, 3.63) is 41.2 Å². The van der Waals surface area contributed by atoms with Crippen LogP contribution in [0.15, 0.2) is 30.3 Å². The highest BCUT2D eigenvalue weighted by Crippen LogP contribution is 2.44. The monoisotopic (exact) mass is 448 g/mol. The Morgan fingerprint density at radius 1 is 1.16 bits per heavy atom. The summed E-state index contributed by atoms with van der Waals surface area (Å²) >= 11 is 5.99. The van der Waals surface area contributed by atoms with E-state index in [-0.39, 0.29) is 5.02 Å². The number of anilines is 1. The van der Waals surface area contributed by atoms with E-state index in [0.29, 0.717) is 52.9 Å². The van der Waals surface area contributed by atoms with E-state index in [1.165, 1.54) is 39.2 Å². The number of ether oxygens (including phenoxy) is 3. The number of rotatable bonds is 6. The first-order chi connectivity index (χ1) is 15.0. The lowest BCUT2D eigenvalue weighted by Crippen LogP contribution is -2.39. The van der Waals surface area contributed by atoms with Gasteiger partial charge in [0, 0.05) is 12.1 Å². The first kappa shape index (κ1) is 21.7. The summed E-state index contributed by atoms with van der Waals surface area (Å²) in [6, 6.07) is 8.78. The van der Waals surface area contributed by atoms with Crippen molar-refractivity contribution in [1.29, 1.82) is 0 Å². The first-order valence-corrected chi connectivity index (χ1v) is 10.8.